The number of hydrogen-bond acceptors (Lipinski definition) is 4. The lowest BCUT2D eigenvalue weighted by molar-refractivity contribution is 0.198. The van der Waals surface area contributed by atoms with Crippen LogP contribution in [0.2, 0.25) is 0 Å². The average molecular weight is 649 g/mol. The maximum Gasteiger partial charge on any atom is 0.127 e. The molecule has 258 valence electrons. The summed E-state index contributed by atoms with van der Waals surface area (Å²) in [5, 5.41) is 12.3. The zero-order valence-electron chi connectivity index (χ0n) is 31.6. The van der Waals surface area contributed by atoms with Crippen molar-refractivity contribution in [2.45, 2.75) is 98.6 Å². The third kappa shape index (κ3) is 8.33. The van der Waals surface area contributed by atoms with Crippen LogP contribution in [0.1, 0.15) is 107 Å². The highest BCUT2D eigenvalue weighted by Crippen LogP contribution is 2.43. The molecule has 0 unspecified atom stereocenters. The molecular weight excluding hydrogens is 588 g/mol. The van der Waals surface area contributed by atoms with Crippen LogP contribution in [-0.2, 0) is 29.3 Å². The van der Waals surface area contributed by atoms with E-state index in [4.69, 9.17) is 4.74 Å². The maximum atomic E-state index is 12.3. The number of benzene rings is 4. The second-order valence-electron chi connectivity index (χ2n) is 15.5. The molecule has 4 rings (SSSR count). The van der Waals surface area contributed by atoms with Gasteiger partial charge in [0.1, 0.15) is 11.5 Å². The molecule has 4 aromatic rings. The highest BCUT2D eigenvalue weighted by atomic mass is 16.5. The number of phenolic OH excluding ortho intramolecular Hbond substituents is 1. The van der Waals surface area contributed by atoms with Crippen LogP contribution in [-0.4, -0.2) is 48.2 Å². The Bertz CT molecular complexity index is 1630. The SMILES string of the molecule is CCN(CC)CCN(Cc1cc(C(C)(C)c2ccccc2)cc(C(C)(C)c2ccccc2)c1O)Cc1cc(C)cc(C(C)(C)C)c1OC. The Balaban J connectivity index is 1.89. The first-order chi connectivity index (χ1) is 22.6. The van der Waals surface area contributed by atoms with E-state index in [9.17, 15) is 5.11 Å². The summed E-state index contributed by atoms with van der Waals surface area (Å²) in [5.74, 6) is 1.35. The fraction of sp³-hybridized carbons (Fsp3) is 0.455. The monoisotopic (exact) mass is 648 g/mol. The maximum absolute atomic E-state index is 12.3. The van der Waals surface area contributed by atoms with E-state index >= 15 is 0 Å². The van der Waals surface area contributed by atoms with Gasteiger partial charge in [-0.25, -0.2) is 0 Å². The summed E-state index contributed by atoms with van der Waals surface area (Å²) in [4.78, 5) is 4.97. The van der Waals surface area contributed by atoms with Gasteiger partial charge in [-0.05, 0) is 48.2 Å². The molecule has 0 bridgehead atoms. The lowest BCUT2D eigenvalue weighted by Gasteiger charge is -2.34. The van der Waals surface area contributed by atoms with Gasteiger partial charge in [-0.2, -0.15) is 0 Å². The van der Waals surface area contributed by atoms with Crippen molar-refractivity contribution in [1.29, 1.82) is 0 Å². The zero-order chi connectivity index (χ0) is 35.3. The molecule has 0 aromatic heterocycles. The topological polar surface area (TPSA) is 35.9 Å². The van der Waals surface area contributed by atoms with Crippen molar-refractivity contribution in [3.63, 3.8) is 0 Å². The summed E-state index contributed by atoms with van der Waals surface area (Å²) in [6.07, 6.45) is 0. The van der Waals surface area contributed by atoms with Crippen LogP contribution in [0.5, 0.6) is 11.5 Å². The summed E-state index contributed by atoms with van der Waals surface area (Å²) in [6.45, 7) is 27.6. The molecule has 0 aliphatic rings. The van der Waals surface area contributed by atoms with Gasteiger partial charge in [0.15, 0.2) is 0 Å². The summed E-state index contributed by atoms with van der Waals surface area (Å²) in [6, 6.07) is 30.3. The van der Waals surface area contributed by atoms with Gasteiger partial charge in [-0.3, -0.25) is 4.90 Å². The van der Waals surface area contributed by atoms with Crippen molar-refractivity contribution in [1.82, 2.24) is 9.80 Å². The quantitative estimate of drug-likeness (QED) is 0.148. The van der Waals surface area contributed by atoms with Crippen LogP contribution in [0.15, 0.2) is 84.9 Å². The average Bonchev–Trinajstić information content (AvgIpc) is 3.06. The van der Waals surface area contributed by atoms with E-state index in [1.54, 1.807) is 7.11 Å². The van der Waals surface area contributed by atoms with E-state index in [-0.39, 0.29) is 10.8 Å². The van der Waals surface area contributed by atoms with E-state index < -0.39 is 5.41 Å². The van der Waals surface area contributed by atoms with Crippen LogP contribution in [0, 0.1) is 6.92 Å². The Hall–Kier alpha value is -3.60. The van der Waals surface area contributed by atoms with E-state index in [0.717, 1.165) is 49.6 Å². The number of aryl methyl sites for hydroxylation is 1. The Morgan fingerprint density at radius 3 is 1.65 bits per heavy atom. The first kappa shape index (κ1) is 37.2. The van der Waals surface area contributed by atoms with Crippen LogP contribution in [0.3, 0.4) is 0 Å². The van der Waals surface area contributed by atoms with Crippen molar-refractivity contribution in [3.8, 4) is 11.5 Å². The predicted molar refractivity (Wildman–Crippen MR) is 204 cm³/mol. The van der Waals surface area contributed by atoms with E-state index in [1.165, 1.54) is 33.4 Å². The Morgan fingerprint density at radius 1 is 0.604 bits per heavy atom. The third-order valence-electron chi connectivity index (χ3n) is 10.3. The third-order valence-corrected chi connectivity index (χ3v) is 10.3. The van der Waals surface area contributed by atoms with Gasteiger partial charge >= 0.3 is 0 Å². The molecule has 0 saturated carbocycles. The summed E-state index contributed by atoms with van der Waals surface area (Å²) >= 11 is 0. The number of aromatic hydroxyl groups is 1. The molecule has 0 amide bonds. The summed E-state index contributed by atoms with van der Waals surface area (Å²) < 4.78 is 6.14. The molecule has 48 heavy (non-hydrogen) atoms. The molecule has 0 fully saturated rings. The van der Waals surface area contributed by atoms with Crippen LogP contribution in [0.25, 0.3) is 0 Å². The molecule has 0 atom stereocenters. The number of likely N-dealkylation sites (N-methyl/N-ethyl adjacent to an activating group) is 1. The van der Waals surface area contributed by atoms with Crippen LogP contribution < -0.4 is 4.74 Å². The largest absolute Gasteiger partial charge is 0.507 e. The minimum Gasteiger partial charge on any atom is -0.507 e. The fourth-order valence-electron chi connectivity index (χ4n) is 6.97. The number of phenols is 1. The first-order valence-corrected chi connectivity index (χ1v) is 17.7. The lowest BCUT2D eigenvalue weighted by atomic mass is 9.72. The van der Waals surface area contributed by atoms with Gasteiger partial charge in [0.05, 0.1) is 7.11 Å². The van der Waals surface area contributed by atoms with Gasteiger partial charge in [0.25, 0.3) is 0 Å². The molecule has 4 aromatic carbocycles. The molecule has 0 heterocycles. The van der Waals surface area contributed by atoms with Gasteiger partial charge in [0.2, 0.25) is 0 Å². The van der Waals surface area contributed by atoms with Gasteiger partial charge in [-0.1, -0.05) is 147 Å². The number of hydrogen-bond donors (Lipinski definition) is 1. The molecule has 0 aliphatic heterocycles. The zero-order valence-corrected chi connectivity index (χ0v) is 31.6. The standard InChI is InChI=1S/C44H60N2O2/c1-12-45(13-2)24-25-46(31-34-26-32(3)27-39(41(34)48-11)42(4,5)6)30-33-28-37(43(7,8)35-20-16-14-17-21-35)29-38(40(33)47)44(9,10)36-22-18-15-19-23-36/h14-23,26-29,47H,12-13,24-25,30-31H2,1-11H3. The van der Waals surface area contributed by atoms with E-state index in [2.05, 4.69) is 164 Å². The molecule has 0 spiro atoms. The molecule has 0 aliphatic carbocycles. The predicted octanol–water partition coefficient (Wildman–Crippen LogP) is 10.0. The van der Waals surface area contributed by atoms with Crippen LogP contribution in [0.4, 0.5) is 0 Å². The van der Waals surface area contributed by atoms with Crippen molar-refractivity contribution in [2.75, 3.05) is 33.3 Å². The minimum absolute atomic E-state index is 0.0499. The van der Waals surface area contributed by atoms with E-state index in [0.29, 0.717) is 12.3 Å². The highest BCUT2D eigenvalue weighted by Gasteiger charge is 2.32. The Kier molecular flexibility index (Phi) is 11.9. The normalized spacial score (nSPS) is 12.6. The minimum atomic E-state index is -0.406. The number of ether oxygens (including phenoxy) is 1. The van der Waals surface area contributed by atoms with Crippen molar-refractivity contribution >= 4 is 0 Å². The van der Waals surface area contributed by atoms with Gasteiger partial charge < -0.3 is 14.7 Å². The smallest absolute Gasteiger partial charge is 0.127 e. The van der Waals surface area contributed by atoms with Gasteiger partial charge in [-0.15, -0.1) is 0 Å². The number of methoxy groups -OCH3 is 1. The van der Waals surface area contributed by atoms with Crippen LogP contribution >= 0.6 is 0 Å². The Morgan fingerprint density at radius 2 is 1.12 bits per heavy atom. The number of rotatable bonds is 14. The van der Waals surface area contributed by atoms with Gasteiger partial charge in [0, 0.05) is 59.3 Å². The van der Waals surface area contributed by atoms with E-state index in [1.807, 2.05) is 0 Å². The fourth-order valence-corrected chi connectivity index (χ4v) is 6.97. The van der Waals surface area contributed by atoms with Crippen molar-refractivity contribution in [2.24, 2.45) is 0 Å². The molecule has 0 radical (unpaired) electrons. The first-order valence-electron chi connectivity index (χ1n) is 17.7. The summed E-state index contributed by atoms with van der Waals surface area (Å²) in [5.41, 5.74) is 8.47. The second kappa shape index (κ2) is 15.3. The van der Waals surface area contributed by atoms with Crippen molar-refractivity contribution < 1.29 is 9.84 Å². The Labute approximate surface area is 291 Å². The number of nitrogens with zero attached hydrogens (tertiary/aromatic N) is 2. The highest BCUT2D eigenvalue weighted by molar-refractivity contribution is 5.54. The second-order valence-corrected chi connectivity index (χ2v) is 15.5. The molecule has 4 nitrogen and oxygen atoms in total. The molecule has 4 heteroatoms. The molecular formula is C44H60N2O2. The molecule has 1 N–H and O–H groups in total. The van der Waals surface area contributed by atoms with Crippen molar-refractivity contribution in [3.05, 3.63) is 129 Å². The molecule has 0 saturated heterocycles. The lowest BCUT2D eigenvalue weighted by Crippen LogP contribution is -2.35. The summed E-state index contributed by atoms with van der Waals surface area (Å²) in [7, 11) is 1.79.